The second-order valence-electron chi connectivity index (χ2n) is 5.96. The van der Waals surface area contributed by atoms with Gasteiger partial charge in [0, 0.05) is 0 Å². The van der Waals surface area contributed by atoms with Crippen LogP contribution in [0.3, 0.4) is 0 Å². The van der Waals surface area contributed by atoms with Crippen molar-refractivity contribution in [1.29, 1.82) is 0 Å². The van der Waals surface area contributed by atoms with Gasteiger partial charge in [0.05, 0.1) is 0 Å². The van der Waals surface area contributed by atoms with E-state index < -0.39 is 0 Å². The topological polar surface area (TPSA) is 0 Å². The Morgan fingerprint density at radius 3 is 1.40 bits per heavy atom. The highest BCUT2D eigenvalue weighted by Crippen LogP contribution is 2.33. The highest BCUT2D eigenvalue weighted by Gasteiger charge is 2.14. The quantitative estimate of drug-likeness (QED) is 0.635. The van der Waals surface area contributed by atoms with E-state index in [0.717, 1.165) is 5.57 Å². The van der Waals surface area contributed by atoms with Crippen molar-refractivity contribution in [2.45, 2.75) is 39.5 Å². The van der Waals surface area contributed by atoms with Crippen LogP contribution in [0.1, 0.15) is 61.8 Å². The summed E-state index contributed by atoms with van der Waals surface area (Å²) in [7, 11) is 0. The fourth-order valence-corrected chi connectivity index (χ4v) is 2.70. The van der Waals surface area contributed by atoms with Crippen LogP contribution in [0.5, 0.6) is 0 Å². The third-order valence-corrected chi connectivity index (χ3v) is 3.82. The van der Waals surface area contributed by atoms with Crippen LogP contribution in [0, 0.1) is 0 Å². The summed E-state index contributed by atoms with van der Waals surface area (Å²) in [6.45, 7) is 13.3. The Kier molecular flexibility index (Phi) is 4.44. The van der Waals surface area contributed by atoms with E-state index in [0.29, 0.717) is 11.8 Å². The van der Waals surface area contributed by atoms with Gasteiger partial charge < -0.3 is 0 Å². The molecule has 0 saturated heterocycles. The molecule has 0 radical (unpaired) electrons. The Labute approximate surface area is 123 Å². The summed E-state index contributed by atoms with van der Waals surface area (Å²) in [5, 5.41) is 0. The molecule has 2 aromatic carbocycles. The molecule has 0 amide bonds. The van der Waals surface area contributed by atoms with Crippen molar-refractivity contribution in [2.24, 2.45) is 0 Å². The van der Waals surface area contributed by atoms with Crippen molar-refractivity contribution >= 4 is 5.57 Å². The highest BCUT2D eigenvalue weighted by atomic mass is 14.2. The first-order chi connectivity index (χ1) is 9.52. The van der Waals surface area contributed by atoms with Crippen molar-refractivity contribution in [1.82, 2.24) is 0 Å². The van der Waals surface area contributed by atoms with E-state index in [9.17, 15) is 0 Å². The SMILES string of the molecule is C=C(c1ccccc1C(C)C)c1ccccc1C(C)C. The Balaban J connectivity index is 2.53. The maximum atomic E-state index is 4.38. The molecule has 2 aromatic rings. The summed E-state index contributed by atoms with van der Waals surface area (Å²) in [4.78, 5) is 0. The Morgan fingerprint density at radius 1 is 0.700 bits per heavy atom. The van der Waals surface area contributed by atoms with Crippen molar-refractivity contribution in [3.63, 3.8) is 0 Å². The normalized spacial score (nSPS) is 11.1. The lowest BCUT2D eigenvalue weighted by molar-refractivity contribution is 0.857. The predicted molar refractivity (Wildman–Crippen MR) is 89.2 cm³/mol. The first-order valence-corrected chi connectivity index (χ1v) is 7.40. The number of rotatable bonds is 4. The van der Waals surface area contributed by atoms with Crippen LogP contribution in [0.2, 0.25) is 0 Å². The minimum atomic E-state index is 0.508. The molecule has 0 atom stereocenters. The fraction of sp³-hybridized carbons (Fsp3) is 0.300. The molecular weight excluding hydrogens is 240 g/mol. The standard InChI is InChI=1S/C20H24/c1-14(2)17-10-6-8-12-19(17)16(5)20-13-9-7-11-18(20)15(3)4/h6-15H,5H2,1-4H3. The van der Waals surface area contributed by atoms with E-state index in [1.807, 2.05) is 0 Å². The van der Waals surface area contributed by atoms with Gasteiger partial charge in [-0.3, -0.25) is 0 Å². The van der Waals surface area contributed by atoms with Crippen molar-refractivity contribution in [3.8, 4) is 0 Å². The lowest BCUT2D eigenvalue weighted by atomic mass is 9.86. The van der Waals surface area contributed by atoms with Gasteiger partial charge in [-0.2, -0.15) is 0 Å². The van der Waals surface area contributed by atoms with E-state index >= 15 is 0 Å². The zero-order valence-corrected chi connectivity index (χ0v) is 13.0. The molecule has 20 heavy (non-hydrogen) atoms. The monoisotopic (exact) mass is 264 g/mol. The smallest absolute Gasteiger partial charge is 0.0149 e. The van der Waals surface area contributed by atoms with Crippen LogP contribution in [-0.2, 0) is 0 Å². The molecule has 0 bridgehead atoms. The Hall–Kier alpha value is -1.82. The third-order valence-electron chi connectivity index (χ3n) is 3.82. The van der Waals surface area contributed by atoms with Crippen LogP contribution in [-0.4, -0.2) is 0 Å². The van der Waals surface area contributed by atoms with Gasteiger partial charge in [-0.05, 0) is 39.7 Å². The lowest BCUT2D eigenvalue weighted by Crippen LogP contribution is -2.00. The number of benzene rings is 2. The molecule has 0 heterocycles. The van der Waals surface area contributed by atoms with Gasteiger partial charge in [0.2, 0.25) is 0 Å². The molecule has 0 aliphatic rings. The molecule has 0 aliphatic carbocycles. The Morgan fingerprint density at radius 2 is 1.05 bits per heavy atom. The maximum absolute atomic E-state index is 4.38. The zero-order chi connectivity index (χ0) is 14.7. The minimum Gasteiger partial charge on any atom is -0.0905 e. The molecule has 0 spiro atoms. The molecule has 0 unspecified atom stereocenters. The second-order valence-corrected chi connectivity index (χ2v) is 5.96. The Bertz CT molecular complexity index is 549. The average molecular weight is 264 g/mol. The van der Waals surface area contributed by atoms with Crippen LogP contribution < -0.4 is 0 Å². The molecule has 0 nitrogen and oxygen atoms in total. The summed E-state index contributed by atoms with van der Waals surface area (Å²) in [6, 6.07) is 17.2. The van der Waals surface area contributed by atoms with Gasteiger partial charge in [0.1, 0.15) is 0 Å². The maximum Gasteiger partial charge on any atom is -0.0149 e. The van der Waals surface area contributed by atoms with Crippen molar-refractivity contribution in [2.75, 3.05) is 0 Å². The van der Waals surface area contributed by atoms with Gasteiger partial charge in [-0.1, -0.05) is 82.8 Å². The van der Waals surface area contributed by atoms with Crippen LogP contribution in [0.15, 0.2) is 55.1 Å². The molecule has 0 aromatic heterocycles. The molecule has 0 fully saturated rings. The number of hydrogen-bond acceptors (Lipinski definition) is 0. The van der Waals surface area contributed by atoms with E-state index in [2.05, 4.69) is 82.8 Å². The lowest BCUT2D eigenvalue weighted by Gasteiger charge is -2.18. The largest absolute Gasteiger partial charge is 0.0905 e. The van der Waals surface area contributed by atoms with Gasteiger partial charge in [0.25, 0.3) is 0 Å². The van der Waals surface area contributed by atoms with Crippen LogP contribution in [0.4, 0.5) is 0 Å². The first kappa shape index (κ1) is 14.6. The molecule has 0 saturated carbocycles. The van der Waals surface area contributed by atoms with Gasteiger partial charge >= 0.3 is 0 Å². The van der Waals surface area contributed by atoms with Gasteiger partial charge in [-0.15, -0.1) is 0 Å². The van der Waals surface area contributed by atoms with Crippen molar-refractivity contribution in [3.05, 3.63) is 77.4 Å². The fourth-order valence-electron chi connectivity index (χ4n) is 2.70. The summed E-state index contributed by atoms with van der Waals surface area (Å²) >= 11 is 0. The predicted octanol–water partition coefficient (Wildman–Crippen LogP) is 5.99. The van der Waals surface area contributed by atoms with Crippen LogP contribution in [0.25, 0.3) is 5.57 Å². The van der Waals surface area contributed by atoms with E-state index in [4.69, 9.17) is 0 Å². The van der Waals surface area contributed by atoms with E-state index in [1.165, 1.54) is 22.3 Å². The van der Waals surface area contributed by atoms with Crippen LogP contribution >= 0.6 is 0 Å². The van der Waals surface area contributed by atoms with E-state index in [1.54, 1.807) is 0 Å². The molecule has 0 aliphatic heterocycles. The average Bonchev–Trinajstić information content (AvgIpc) is 2.46. The van der Waals surface area contributed by atoms with E-state index in [-0.39, 0.29) is 0 Å². The van der Waals surface area contributed by atoms with Gasteiger partial charge in [-0.25, -0.2) is 0 Å². The highest BCUT2D eigenvalue weighted by molar-refractivity contribution is 5.81. The summed E-state index contributed by atoms with van der Waals surface area (Å²) < 4.78 is 0. The first-order valence-electron chi connectivity index (χ1n) is 7.40. The molecule has 0 N–H and O–H groups in total. The molecule has 104 valence electrons. The summed E-state index contributed by atoms with van der Waals surface area (Å²) in [6.07, 6.45) is 0. The molecular formula is C20H24. The number of hydrogen-bond donors (Lipinski definition) is 0. The van der Waals surface area contributed by atoms with Gasteiger partial charge in [0.15, 0.2) is 0 Å². The molecule has 2 rings (SSSR count). The second kappa shape index (κ2) is 6.09. The summed E-state index contributed by atoms with van der Waals surface area (Å²) in [5.74, 6) is 1.02. The van der Waals surface area contributed by atoms with Crippen molar-refractivity contribution < 1.29 is 0 Å². The third kappa shape index (κ3) is 2.85. The minimum absolute atomic E-state index is 0.508. The summed E-state index contributed by atoms with van der Waals surface area (Å²) in [5.41, 5.74) is 6.43. The molecule has 0 heteroatoms. The zero-order valence-electron chi connectivity index (χ0n) is 13.0.